The molecule has 0 aromatic heterocycles. The Morgan fingerprint density at radius 1 is 0.520 bits per heavy atom. The Morgan fingerprint density at radius 2 is 0.800 bits per heavy atom. The molecule has 300 valence electrons. The molecule has 0 bridgehead atoms. The van der Waals surface area contributed by atoms with Crippen LogP contribution >= 0.6 is 12.2 Å². The summed E-state index contributed by atoms with van der Waals surface area (Å²) in [4.78, 5) is 0. The van der Waals surface area contributed by atoms with Crippen LogP contribution in [0.1, 0.15) is 34.1 Å². The fourth-order valence-corrected chi connectivity index (χ4v) is 4.55. The maximum atomic E-state index is 10.6. The molecule has 0 aliphatic rings. The third kappa shape index (κ3) is 15.5. The van der Waals surface area contributed by atoms with E-state index < -0.39 is 137 Å². The summed E-state index contributed by atoms with van der Waals surface area (Å²) in [6.07, 6.45) is -24.0. The van der Waals surface area contributed by atoms with Crippen molar-refractivity contribution in [2.24, 2.45) is 17.8 Å². The molecule has 15 atom stereocenters. The molecule has 21 heteroatoms. The molecule has 0 amide bonds. The fourth-order valence-electron chi connectivity index (χ4n) is 4.23. The Bertz CT molecular complexity index is 823. The normalized spacial score (nSPS) is 22.6. The first-order valence-electron chi connectivity index (χ1n) is 16.2. The van der Waals surface area contributed by atoms with Crippen LogP contribution in [0.25, 0.3) is 0 Å². The van der Waals surface area contributed by atoms with Gasteiger partial charge < -0.3 is 101 Å². The summed E-state index contributed by atoms with van der Waals surface area (Å²) in [5.41, 5.74) is -2.01. The van der Waals surface area contributed by atoms with Crippen molar-refractivity contribution in [1.29, 1.82) is 0 Å². The zero-order chi connectivity index (χ0) is 38.9. The number of hydrogen-bond donors (Lipinski definition) is 17. The monoisotopic (exact) mass is 756 g/mol. The van der Waals surface area contributed by atoms with Crippen LogP contribution in [0.4, 0.5) is 0 Å². The third-order valence-electron chi connectivity index (χ3n) is 8.09. The van der Waals surface area contributed by atoms with E-state index >= 15 is 0 Å². The van der Waals surface area contributed by atoms with Gasteiger partial charge in [0.1, 0.15) is 42.2 Å². The van der Waals surface area contributed by atoms with Crippen molar-refractivity contribution in [2.75, 3.05) is 46.2 Å². The number of aliphatic hydroxyl groups excluding tert-OH is 15. The number of nitrogens with one attached hydrogen (secondary N) is 2. The topological polar surface area (TPSA) is 355 Å². The molecule has 6 unspecified atom stereocenters. The number of hydrogen-bond acceptors (Lipinski definition) is 19. The molecule has 50 heavy (non-hydrogen) atoms. The quantitative estimate of drug-likeness (QED) is 0.0273. The lowest BCUT2D eigenvalue weighted by molar-refractivity contribution is -0.245. The Morgan fingerprint density at radius 3 is 1.04 bits per heavy atom. The van der Waals surface area contributed by atoms with Crippen LogP contribution < -0.4 is 10.6 Å². The van der Waals surface area contributed by atoms with E-state index in [0.717, 1.165) is 0 Å². The summed E-state index contributed by atoms with van der Waals surface area (Å²) in [6.45, 7) is 1.80. The fraction of sp³-hybridized carbons (Fsp3) is 0.966. The Hall–Kier alpha value is -1.03. The van der Waals surface area contributed by atoms with E-state index in [0.29, 0.717) is 13.0 Å². The maximum Gasteiger partial charge on any atom is 0.183 e. The van der Waals surface area contributed by atoms with Gasteiger partial charge in [0.25, 0.3) is 0 Å². The van der Waals surface area contributed by atoms with Gasteiger partial charge in [-0.3, -0.25) is 0 Å². The molecular weight excluding hydrogens is 696 g/mol. The molecule has 0 saturated carbocycles. The molecule has 0 aliphatic carbocycles. The standard InChI is InChI=1S/C29H60N2O18S/c1-5-6-30-28(50)31-29(10-47-25(44)22(41)19(38)16(35)13(2)7-32,11-48-26(45)23(42)20(39)17(36)14(3)8-33)12-49-27(46)24(43)21(40)18(37)15(4)9-34/h13-27,32-46H,5-12H2,1-4H3,(H2,30,31,50)/t13?,14?,15?,16-,17-,18-,19-,20?,21?,22?,23+,24+,25-,26-,27-,29?/m0/s1. The lowest BCUT2D eigenvalue weighted by Crippen LogP contribution is -2.63. The molecular formula is C29H60N2O18S. The van der Waals surface area contributed by atoms with E-state index in [-0.39, 0.29) is 5.11 Å². The molecule has 0 saturated heterocycles. The molecule has 0 aromatic carbocycles. The van der Waals surface area contributed by atoms with E-state index in [2.05, 4.69) is 10.6 Å². The highest BCUT2D eigenvalue weighted by atomic mass is 32.1. The largest absolute Gasteiger partial charge is 0.396 e. The van der Waals surface area contributed by atoms with Gasteiger partial charge in [0.05, 0.1) is 38.1 Å². The summed E-state index contributed by atoms with van der Waals surface area (Å²) in [5.74, 6) is -2.79. The molecule has 20 nitrogen and oxygen atoms in total. The molecule has 0 aliphatic heterocycles. The van der Waals surface area contributed by atoms with Crippen molar-refractivity contribution >= 4 is 17.3 Å². The van der Waals surface area contributed by atoms with Crippen molar-refractivity contribution < 1.29 is 90.8 Å². The zero-order valence-electron chi connectivity index (χ0n) is 28.7. The lowest BCUT2D eigenvalue weighted by atomic mass is 9.96. The van der Waals surface area contributed by atoms with Gasteiger partial charge in [0.15, 0.2) is 24.0 Å². The summed E-state index contributed by atoms with van der Waals surface area (Å²) < 4.78 is 16.0. The van der Waals surface area contributed by atoms with E-state index in [1.54, 1.807) is 6.92 Å². The average Bonchev–Trinajstić information content (AvgIpc) is 3.12. The first kappa shape index (κ1) is 49.0. The smallest absolute Gasteiger partial charge is 0.183 e. The van der Waals surface area contributed by atoms with Gasteiger partial charge >= 0.3 is 0 Å². The van der Waals surface area contributed by atoms with Crippen molar-refractivity contribution in [3.63, 3.8) is 0 Å². The Labute approximate surface area is 296 Å². The van der Waals surface area contributed by atoms with Crippen molar-refractivity contribution in [3.05, 3.63) is 0 Å². The molecule has 0 rings (SSSR count). The predicted octanol–water partition coefficient (Wildman–Crippen LogP) is -7.26. The minimum absolute atomic E-state index is 0.144. The van der Waals surface area contributed by atoms with E-state index in [4.69, 9.17) is 26.4 Å². The van der Waals surface area contributed by atoms with Crippen LogP contribution in [0, 0.1) is 17.8 Å². The van der Waals surface area contributed by atoms with Gasteiger partial charge in [-0.2, -0.15) is 0 Å². The summed E-state index contributed by atoms with van der Waals surface area (Å²) in [6, 6.07) is 0. The second kappa shape index (κ2) is 24.3. The highest BCUT2D eigenvalue weighted by molar-refractivity contribution is 7.80. The van der Waals surface area contributed by atoms with Gasteiger partial charge in [-0.25, -0.2) is 0 Å². The zero-order valence-corrected chi connectivity index (χ0v) is 29.5. The summed E-state index contributed by atoms with van der Waals surface area (Å²) in [5, 5.41) is 158. The first-order chi connectivity index (χ1) is 23.2. The molecule has 0 fully saturated rings. The SMILES string of the molecule is CCCNC(=S)NC(CO[C@H](O)C(O)[C@@H](O)[C@@H](O)C(C)CO)(CO[C@H](O)[C@H](O)C(O)[C@@H](O)C(C)CO)CO[C@H](O)[C@H](O)C(O)[C@@H](O)C(C)CO. The highest BCUT2D eigenvalue weighted by Gasteiger charge is 2.42. The molecule has 0 aromatic rings. The second-order valence-electron chi connectivity index (χ2n) is 12.7. The number of thiocarbonyl (C=S) groups is 1. The molecule has 0 radical (unpaired) electrons. The van der Waals surface area contributed by atoms with E-state index in [1.807, 2.05) is 0 Å². The average molecular weight is 757 g/mol. The Kier molecular flexibility index (Phi) is 23.8. The van der Waals surface area contributed by atoms with Gasteiger partial charge in [-0.05, 0) is 18.6 Å². The van der Waals surface area contributed by atoms with Gasteiger partial charge in [0.2, 0.25) is 0 Å². The van der Waals surface area contributed by atoms with Crippen molar-refractivity contribution in [1.82, 2.24) is 10.6 Å². The van der Waals surface area contributed by atoms with Crippen LogP contribution in [-0.2, 0) is 14.2 Å². The predicted molar refractivity (Wildman–Crippen MR) is 175 cm³/mol. The minimum Gasteiger partial charge on any atom is -0.396 e. The Balaban J connectivity index is 6.47. The van der Waals surface area contributed by atoms with Gasteiger partial charge in [-0.1, -0.05) is 27.7 Å². The van der Waals surface area contributed by atoms with E-state index in [1.165, 1.54) is 20.8 Å². The maximum absolute atomic E-state index is 10.6. The molecule has 17 N–H and O–H groups in total. The molecule has 0 heterocycles. The first-order valence-corrected chi connectivity index (χ1v) is 16.6. The minimum atomic E-state index is -2.27. The van der Waals surface area contributed by atoms with Crippen LogP contribution in [0.15, 0.2) is 0 Å². The number of ether oxygens (including phenoxy) is 3. The van der Waals surface area contributed by atoms with Gasteiger partial charge in [-0.15, -0.1) is 0 Å². The van der Waals surface area contributed by atoms with Crippen LogP contribution in [0.3, 0.4) is 0 Å². The highest BCUT2D eigenvalue weighted by Crippen LogP contribution is 2.20. The van der Waals surface area contributed by atoms with Crippen LogP contribution in [0.2, 0.25) is 0 Å². The second-order valence-corrected chi connectivity index (χ2v) is 13.1. The lowest BCUT2D eigenvalue weighted by Gasteiger charge is -2.39. The van der Waals surface area contributed by atoms with Crippen LogP contribution in [0.5, 0.6) is 0 Å². The van der Waals surface area contributed by atoms with Crippen LogP contribution in [-0.4, -0.2) is 207 Å². The summed E-state index contributed by atoms with van der Waals surface area (Å²) in [7, 11) is 0. The van der Waals surface area contributed by atoms with Crippen molar-refractivity contribution in [2.45, 2.75) is 113 Å². The number of aliphatic hydroxyl groups is 15. The molecule has 0 spiro atoms. The van der Waals surface area contributed by atoms with E-state index in [9.17, 15) is 76.6 Å². The third-order valence-corrected chi connectivity index (χ3v) is 8.34. The van der Waals surface area contributed by atoms with Crippen molar-refractivity contribution in [3.8, 4) is 0 Å². The summed E-state index contributed by atoms with van der Waals surface area (Å²) >= 11 is 5.30. The van der Waals surface area contributed by atoms with Gasteiger partial charge in [0, 0.05) is 44.1 Å². The number of rotatable bonds is 27.